The summed E-state index contributed by atoms with van der Waals surface area (Å²) in [4.78, 5) is 8.61. The van der Waals surface area contributed by atoms with Crippen LogP contribution in [-0.4, -0.2) is 23.7 Å². The average molecular weight is 275 g/mol. The molecule has 17 heavy (non-hydrogen) atoms. The van der Waals surface area contributed by atoms with Crippen molar-refractivity contribution in [2.75, 3.05) is 13.7 Å². The highest BCUT2D eigenvalue weighted by atomic mass is 35.5. The molecule has 0 saturated heterocycles. The first kappa shape index (κ1) is 13.1. The summed E-state index contributed by atoms with van der Waals surface area (Å²) < 4.78 is 4.99. The molecule has 0 aromatic carbocycles. The molecule has 0 spiro atoms. The van der Waals surface area contributed by atoms with E-state index < -0.39 is 0 Å². The van der Waals surface area contributed by atoms with Crippen LogP contribution in [0.2, 0.25) is 10.3 Å². The van der Waals surface area contributed by atoms with E-state index >= 15 is 0 Å². The highest BCUT2D eigenvalue weighted by Crippen LogP contribution is 2.39. The molecule has 1 aliphatic rings. The number of hydrogen-bond acceptors (Lipinski definition) is 3. The number of ether oxygens (including phenoxy) is 1. The summed E-state index contributed by atoms with van der Waals surface area (Å²) in [5.41, 5.74) is 0.937. The number of rotatable bonds is 4. The molecule has 0 amide bonds. The summed E-state index contributed by atoms with van der Waals surface area (Å²) in [5.74, 6) is 1.09. The number of halogens is 2. The fraction of sp³-hybridized carbons (Fsp3) is 0.667. The Morgan fingerprint density at radius 2 is 1.76 bits per heavy atom. The summed E-state index contributed by atoms with van der Waals surface area (Å²) in [6.07, 6.45) is 5.40. The molecule has 3 nitrogen and oxygen atoms in total. The Balaban J connectivity index is 2.22. The van der Waals surface area contributed by atoms with E-state index in [1.807, 2.05) is 0 Å². The van der Waals surface area contributed by atoms with Gasteiger partial charge in [-0.3, -0.25) is 0 Å². The highest BCUT2D eigenvalue weighted by Gasteiger charge is 2.24. The van der Waals surface area contributed by atoms with Gasteiger partial charge in [-0.25, -0.2) is 9.97 Å². The Kier molecular flexibility index (Phi) is 4.60. The lowest BCUT2D eigenvalue weighted by atomic mass is 10.0. The van der Waals surface area contributed by atoms with E-state index in [0.717, 1.165) is 18.4 Å². The maximum Gasteiger partial charge on any atom is 0.137 e. The minimum atomic E-state index is 0.437. The zero-order valence-electron chi connectivity index (χ0n) is 9.88. The number of aromatic nitrogens is 2. The van der Waals surface area contributed by atoms with E-state index in [1.165, 1.54) is 12.8 Å². The molecule has 0 aliphatic heterocycles. The molecule has 0 atom stereocenters. The van der Waals surface area contributed by atoms with Crippen LogP contribution in [0.25, 0.3) is 0 Å². The molecule has 1 heterocycles. The molecule has 0 radical (unpaired) electrons. The van der Waals surface area contributed by atoms with Crippen LogP contribution in [0.1, 0.15) is 43.0 Å². The van der Waals surface area contributed by atoms with E-state index in [0.29, 0.717) is 35.1 Å². The lowest BCUT2D eigenvalue weighted by Gasteiger charge is -2.13. The van der Waals surface area contributed by atoms with Crippen molar-refractivity contribution in [2.24, 2.45) is 0 Å². The van der Waals surface area contributed by atoms with Crippen molar-refractivity contribution < 1.29 is 4.74 Å². The van der Waals surface area contributed by atoms with Gasteiger partial charge >= 0.3 is 0 Å². The SMILES string of the molecule is COCCc1nc(Cl)c(C2CCCC2)c(Cl)n1. The second-order valence-electron chi connectivity index (χ2n) is 4.36. The molecule has 1 aromatic heterocycles. The van der Waals surface area contributed by atoms with Gasteiger partial charge < -0.3 is 4.74 Å². The fourth-order valence-electron chi connectivity index (χ4n) is 2.31. The van der Waals surface area contributed by atoms with Gasteiger partial charge in [0.1, 0.15) is 16.1 Å². The van der Waals surface area contributed by atoms with Gasteiger partial charge in [-0.05, 0) is 18.8 Å². The molecule has 5 heteroatoms. The zero-order chi connectivity index (χ0) is 12.3. The van der Waals surface area contributed by atoms with Crippen LogP contribution < -0.4 is 0 Å². The summed E-state index contributed by atoms with van der Waals surface area (Å²) >= 11 is 12.4. The second-order valence-corrected chi connectivity index (χ2v) is 5.08. The van der Waals surface area contributed by atoms with Gasteiger partial charge in [-0.2, -0.15) is 0 Å². The third-order valence-electron chi connectivity index (χ3n) is 3.19. The van der Waals surface area contributed by atoms with Gasteiger partial charge in [0.15, 0.2) is 0 Å². The molecule has 0 unspecified atom stereocenters. The summed E-state index contributed by atoms with van der Waals surface area (Å²) in [6.45, 7) is 0.579. The van der Waals surface area contributed by atoms with Gasteiger partial charge in [0.2, 0.25) is 0 Å². The Morgan fingerprint density at radius 3 is 2.29 bits per heavy atom. The zero-order valence-corrected chi connectivity index (χ0v) is 11.4. The third-order valence-corrected chi connectivity index (χ3v) is 3.77. The van der Waals surface area contributed by atoms with E-state index in [1.54, 1.807) is 7.11 Å². The second kappa shape index (κ2) is 5.98. The van der Waals surface area contributed by atoms with Gasteiger partial charge in [-0.1, -0.05) is 36.0 Å². The lowest BCUT2D eigenvalue weighted by molar-refractivity contribution is 0.200. The standard InChI is InChI=1S/C12H16Cl2N2O/c1-17-7-6-9-15-11(13)10(12(14)16-9)8-4-2-3-5-8/h8H,2-7H2,1H3. The van der Waals surface area contributed by atoms with Crippen LogP contribution in [-0.2, 0) is 11.2 Å². The minimum Gasteiger partial charge on any atom is -0.384 e. The van der Waals surface area contributed by atoms with Crippen LogP contribution in [0.3, 0.4) is 0 Å². The average Bonchev–Trinajstić information content (AvgIpc) is 2.79. The van der Waals surface area contributed by atoms with Gasteiger partial charge in [0, 0.05) is 19.1 Å². The Labute approximate surface area is 112 Å². The van der Waals surface area contributed by atoms with Crippen molar-refractivity contribution in [3.63, 3.8) is 0 Å². The smallest absolute Gasteiger partial charge is 0.137 e. The first-order valence-electron chi connectivity index (χ1n) is 5.93. The number of nitrogens with zero attached hydrogens (tertiary/aromatic N) is 2. The van der Waals surface area contributed by atoms with E-state index in [-0.39, 0.29) is 0 Å². The van der Waals surface area contributed by atoms with Crippen LogP contribution in [0.5, 0.6) is 0 Å². The van der Waals surface area contributed by atoms with Crippen LogP contribution in [0.15, 0.2) is 0 Å². The first-order valence-corrected chi connectivity index (χ1v) is 6.68. The highest BCUT2D eigenvalue weighted by molar-refractivity contribution is 6.34. The van der Waals surface area contributed by atoms with Crippen LogP contribution in [0, 0.1) is 0 Å². The predicted molar refractivity (Wildman–Crippen MR) is 68.8 cm³/mol. The molecule has 0 N–H and O–H groups in total. The van der Waals surface area contributed by atoms with E-state index in [9.17, 15) is 0 Å². The topological polar surface area (TPSA) is 35.0 Å². The normalized spacial score (nSPS) is 16.6. The Hall–Kier alpha value is -0.380. The van der Waals surface area contributed by atoms with Gasteiger partial charge in [-0.15, -0.1) is 0 Å². The van der Waals surface area contributed by atoms with Crippen molar-refractivity contribution in [1.82, 2.24) is 9.97 Å². The van der Waals surface area contributed by atoms with Crippen molar-refractivity contribution in [3.8, 4) is 0 Å². The van der Waals surface area contributed by atoms with Crippen molar-refractivity contribution in [2.45, 2.75) is 38.0 Å². The number of hydrogen-bond donors (Lipinski definition) is 0. The molecule has 1 aromatic rings. The molecule has 94 valence electrons. The van der Waals surface area contributed by atoms with Crippen molar-refractivity contribution in [3.05, 3.63) is 21.7 Å². The van der Waals surface area contributed by atoms with E-state index in [2.05, 4.69) is 9.97 Å². The largest absolute Gasteiger partial charge is 0.384 e. The summed E-state index contributed by atoms with van der Waals surface area (Å²) in [6, 6.07) is 0. The Morgan fingerprint density at radius 1 is 1.18 bits per heavy atom. The molecule has 2 rings (SSSR count). The molecular weight excluding hydrogens is 259 g/mol. The van der Waals surface area contributed by atoms with E-state index in [4.69, 9.17) is 27.9 Å². The van der Waals surface area contributed by atoms with Gasteiger partial charge in [0.05, 0.1) is 6.61 Å². The predicted octanol–water partition coefficient (Wildman–Crippen LogP) is 3.63. The molecule has 1 fully saturated rings. The number of methoxy groups -OCH3 is 1. The van der Waals surface area contributed by atoms with Gasteiger partial charge in [0.25, 0.3) is 0 Å². The lowest BCUT2D eigenvalue weighted by Crippen LogP contribution is -2.06. The first-order chi connectivity index (χ1) is 8.22. The monoisotopic (exact) mass is 274 g/mol. The van der Waals surface area contributed by atoms with Crippen LogP contribution in [0.4, 0.5) is 0 Å². The fourth-order valence-corrected chi connectivity index (χ4v) is 3.04. The van der Waals surface area contributed by atoms with Crippen molar-refractivity contribution >= 4 is 23.2 Å². The maximum absolute atomic E-state index is 6.22. The third kappa shape index (κ3) is 3.09. The minimum absolute atomic E-state index is 0.437. The van der Waals surface area contributed by atoms with Crippen molar-refractivity contribution in [1.29, 1.82) is 0 Å². The summed E-state index contributed by atoms with van der Waals surface area (Å²) in [7, 11) is 1.65. The van der Waals surface area contributed by atoms with Crippen LogP contribution >= 0.6 is 23.2 Å². The molecule has 1 saturated carbocycles. The molecule has 1 aliphatic carbocycles. The maximum atomic E-state index is 6.22. The molecule has 0 bridgehead atoms. The summed E-state index contributed by atoms with van der Waals surface area (Å²) in [5, 5.41) is 1.03. The Bertz CT molecular complexity index is 369. The molecular formula is C12H16Cl2N2O. The quantitative estimate of drug-likeness (QED) is 0.787.